The number of hydrogen-bond acceptors (Lipinski definition) is 2. The molecule has 1 fully saturated rings. The van der Waals surface area contributed by atoms with Crippen LogP contribution in [0.4, 0.5) is 0 Å². The van der Waals surface area contributed by atoms with Gasteiger partial charge in [-0.15, -0.1) is 12.4 Å². The fourth-order valence-electron chi connectivity index (χ4n) is 1.87. The molecule has 0 radical (unpaired) electrons. The highest BCUT2D eigenvalue weighted by molar-refractivity contribution is 6.31. The number of methoxy groups -OCH3 is 1. The molecule has 1 aromatic rings. The maximum Gasteiger partial charge on any atom is 0.119 e. The van der Waals surface area contributed by atoms with E-state index in [1.165, 1.54) is 6.42 Å². The third kappa shape index (κ3) is 2.77. The second kappa shape index (κ2) is 5.59. The lowest BCUT2D eigenvalue weighted by Crippen LogP contribution is -2.13. The van der Waals surface area contributed by atoms with E-state index in [0.29, 0.717) is 6.04 Å². The summed E-state index contributed by atoms with van der Waals surface area (Å²) in [6.07, 6.45) is 2.38. The van der Waals surface area contributed by atoms with Crippen LogP contribution in [0.2, 0.25) is 5.02 Å². The Kier molecular flexibility index (Phi) is 4.71. The molecular formula is C11H15Cl2NO. The van der Waals surface area contributed by atoms with Crippen LogP contribution in [0.15, 0.2) is 18.2 Å². The molecule has 1 heterocycles. The number of benzene rings is 1. The van der Waals surface area contributed by atoms with Gasteiger partial charge in [-0.05, 0) is 43.1 Å². The van der Waals surface area contributed by atoms with Crippen LogP contribution in [0.3, 0.4) is 0 Å². The molecule has 15 heavy (non-hydrogen) atoms. The van der Waals surface area contributed by atoms with Gasteiger partial charge in [-0.3, -0.25) is 0 Å². The molecule has 1 atom stereocenters. The van der Waals surface area contributed by atoms with Crippen molar-refractivity contribution in [3.63, 3.8) is 0 Å². The third-order valence-electron chi connectivity index (χ3n) is 2.64. The van der Waals surface area contributed by atoms with E-state index in [1.54, 1.807) is 7.11 Å². The number of ether oxygens (including phenoxy) is 1. The molecular weight excluding hydrogens is 233 g/mol. The molecule has 4 heteroatoms. The molecule has 1 aliphatic heterocycles. The zero-order valence-corrected chi connectivity index (χ0v) is 10.2. The van der Waals surface area contributed by atoms with Crippen molar-refractivity contribution in [1.29, 1.82) is 0 Å². The average molecular weight is 248 g/mol. The second-order valence-electron chi connectivity index (χ2n) is 3.54. The molecule has 0 aliphatic carbocycles. The number of rotatable bonds is 2. The molecule has 1 aliphatic rings. The minimum absolute atomic E-state index is 0. The zero-order chi connectivity index (χ0) is 9.97. The fraction of sp³-hybridized carbons (Fsp3) is 0.455. The third-order valence-corrected chi connectivity index (χ3v) is 2.98. The summed E-state index contributed by atoms with van der Waals surface area (Å²) in [5, 5.41) is 4.25. The summed E-state index contributed by atoms with van der Waals surface area (Å²) < 4.78 is 5.18. The van der Waals surface area contributed by atoms with E-state index in [1.807, 2.05) is 18.2 Å². The molecule has 0 saturated carbocycles. The maximum absolute atomic E-state index is 6.14. The summed E-state index contributed by atoms with van der Waals surface area (Å²) in [6, 6.07) is 6.21. The Morgan fingerprint density at radius 1 is 1.47 bits per heavy atom. The lowest BCUT2D eigenvalue weighted by atomic mass is 10.1. The van der Waals surface area contributed by atoms with Crippen LogP contribution in [0, 0.1) is 0 Å². The minimum Gasteiger partial charge on any atom is -0.497 e. The largest absolute Gasteiger partial charge is 0.497 e. The quantitative estimate of drug-likeness (QED) is 0.867. The predicted octanol–water partition coefficient (Wildman–Crippen LogP) is 3.19. The van der Waals surface area contributed by atoms with Gasteiger partial charge in [0.25, 0.3) is 0 Å². The Labute approximate surface area is 101 Å². The minimum atomic E-state index is 0. The topological polar surface area (TPSA) is 21.3 Å². The molecule has 84 valence electrons. The van der Waals surface area contributed by atoms with Crippen molar-refractivity contribution >= 4 is 24.0 Å². The highest BCUT2D eigenvalue weighted by Gasteiger charge is 2.18. The van der Waals surface area contributed by atoms with Crippen LogP contribution in [0.25, 0.3) is 0 Å². The molecule has 1 N–H and O–H groups in total. The zero-order valence-electron chi connectivity index (χ0n) is 8.63. The summed E-state index contributed by atoms with van der Waals surface area (Å²) in [7, 11) is 1.68. The molecule has 0 amide bonds. The smallest absolute Gasteiger partial charge is 0.119 e. The number of hydrogen-bond donors (Lipinski definition) is 1. The van der Waals surface area contributed by atoms with Gasteiger partial charge < -0.3 is 10.1 Å². The Hall–Kier alpha value is -0.440. The van der Waals surface area contributed by atoms with E-state index in [9.17, 15) is 0 Å². The van der Waals surface area contributed by atoms with E-state index in [2.05, 4.69) is 5.32 Å². The Morgan fingerprint density at radius 2 is 2.27 bits per heavy atom. The van der Waals surface area contributed by atoms with Gasteiger partial charge in [0.1, 0.15) is 5.75 Å². The highest BCUT2D eigenvalue weighted by atomic mass is 35.5. The van der Waals surface area contributed by atoms with Gasteiger partial charge in [-0.25, -0.2) is 0 Å². The number of nitrogens with one attached hydrogen (secondary N) is 1. The summed E-state index contributed by atoms with van der Waals surface area (Å²) in [6.45, 7) is 1.08. The first-order chi connectivity index (χ1) is 6.81. The van der Waals surface area contributed by atoms with Gasteiger partial charge in [0.15, 0.2) is 0 Å². The van der Waals surface area contributed by atoms with Gasteiger partial charge in [0.2, 0.25) is 0 Å². The lowest BCUT2D eigenvalue weighted by molar-refractivity contribution is 0.413. The normalized spacial score (nSPS) is 19.7. The van der Waals surface area contributed by atoms with E-state index in [0.717, 1.165) is 29.3 Å². The van der Waals surface area contributed by atoms with Gasteiger partial charge in [-0.2, -0.15) is 0 Å². The van der Waals surface area contributed by atoms with Crippen molar-refractivity contribution in [1.82, 2.24) is 5.32 Å². The van der Waals surface area contributed by atoms with E-state index >= 15 is 0 Å². The van der Waals surface area contributed by atoms with Crippen LogP contribution in [0.1, 0.15) is 24.4 Å². The molecule has 0 spiro atoms. The van der Waals surface area contributed by atoms with Crippen molar-refractivity contribution in [3.8, 4) is 5.75 Å². The molecule has 2 rings (SSSR count). The fourth-order valence-corrected chi connectivity index (χ4v) is 2.12. The Balaban J connectivity index is 0.00000112. The van der Waals surface area contributed by atoms with E-state index in [-0.39, 0.29) is 12.4 Å². The first-order valence-corrected chi connectivity index (χ1v) is 5.26. The molecule has 1 aromatic carbocycles. The molecule has 1 saturated heterocycles. The van der Waals surface area contributed by atoms with Crippen molar-refractivity contribution in [2.24, 2.45) is 0 Å². The molecule has 0 aromatic heterocycles. The van der Waals surface area contributed by atoms with Gasteiger partial charge >= 0.3 is 0 Å². The average Bonchev–Trinajstić information content (AvgIpc) is 2.71. The first-order valence-electron chi connectivity index (χ1n) is 4.88. The van der Waals surface area contributed by atoms with Crippen LogP contribution in [-0.2, 0) is 0 Å². The van der Waals surface area contributed by atoms with Gasteiger partial charge in [0.05, 0.1) is 7.11 Å². The van der Waals surface area contributed by atoms with Crippen LogP contribution in [0.5, 0.6) is 5.75 Å². The predicted molar refractivity (Wildman–Crippen MR) is 65.2 cm³/mol. The Bertz CT molecular complexity index is 324. The van der Waals surface area contributed by atoms with Crippen molar-refractivity contribution < 1.29 is 4.74 Å². The lowest BCUT2D eigenvalue weighted by Gasteiger charge is -2.13. The SMILES string of the molecule is COc1ccc(Cl)c(C2CCCN2)c1.Cl. The number of halogens is 2. The van der Waals surface area contributed by atoms with E-state index < -0.39 is 0 Å². The van der Waals surface area contributed by atoms with Crippen LogP contribution in [-0.4, -0.2) is 13.7 Å². The molecule has 0 bridgehead atoms. The van der Waals surface area contributed by atoms with Crippen LogP contribution < -0.4 is 10.1 Å². The standard InChI is InChI=1S/C11H14ClNO.ClH/c1-14-8-4-5-10(12)9(7-8)11-3-2-6-13-11;/h4-5,7,11,13H,2-3,6H2,1H3;1H. The Morgan fingerprint density at radius 3 is 2.87 bits per heavy atom. The monoisotopic (exact) mass is 247 g/mol. The summed E-state index contributed by atoms with van der Waals surface area (Å²) in [5.41, 5.74) is 1.16. The summed E-state index contributed by atoms with van der Waals surface area (Å²) >= 11 is 6.14. The second-order valence-corrected chi connectivity index (χ2v) is 3.94. The maximum atomic E-state index is 6.14. The summed E-state index contributed by atoms with van der Waals surface area (Å²) in [4.78, 5) is 0. The van der Waals surface area contributed by atoms with E-state index in [4.69, 9.17) is 16.3 Å². The van der Waals surface area contributed by atoms with Gasteiger partial charge in [0, 0.05) is 11.1 Å². The van der Waals surface area contributed by atoms with Crippen molar-refractivity contribution in [3.05, 3.63) is 28.8 Å². The summed E-state index contributed by atoms with van der Waals surface area (Å²) in [5.74, 6) is 0.873. The van der Waals surface area contributed by atoms with Crippen molar-refractivity contribution in [2.45, 2.75) is 18.9 Å². The molecule has 2 nitrogen and oxygen atoms in total. The van der Waals surface area contributed by atoms with Crippen LogP contribution >= 0.6 is 24.0 Å². The first kappa shape index (κ1) is 12.6. The van der Waals surface area contributed by atoms with Crippen molar-refractivity contribution in [2.75, 3.05) is 13.7 Å². The van der Waals surface area contributed by atoms with Gasteiger partial charge in [-0.1, -0.05) is 11.6 Å². The highest BCUT2D eigenvalue weighted by Crippen LogP contribution is 2.31. The molecule has 1 unspecified atom stereocenters.